The molecule has 0 aromatic carbocycles. The van der Waals surface area contributed by atoms with Gasteiger partial charge in [-0.15, -0.1) is 0 Å². The van der Waals surface area contributed by atoms with Crippen molar-refractivity contribution in [3.8, 4) is 0 Å². The van der Waals surface area contributed by atoms with Crippen molar-refractivity contribution in [2.45, 2.75) is 44.9 Å². The average Bonchev–Trinajstić information content (AvgIpc) is 2.16. The van der Waals surface area contributed by atoms with Gasteiger partial charge in [-0.3, -0.25) is 4.79 Å². The molecule has 5 nitrogen and oxygen atoms in total. The molecule has 1 unspecified atom stereocenters. The quantitative estimate of drug-likeness (QED) is 0.286. The highest BCUT2D eigenvalue weighted by atomic mass is 32.2. The van der Waals surface area contributed by atoms with Gasteiger partial charge in [0.2, 0.25) is 5.91 Å². The number of hydrazone groups is 1. The fraction of sp³-hybridized carbons (Fsp3) is 0.778. The van der Waals surface area contributed by atoms with E-state index < -0.39 is 0 Å². The Balaban J connectivity index is 4.22. The van der Waals surface area contributed by atoms with Gasteiger partial charge in [0, 0.05) is 5.54 Å². The van der Waals surface area contributed by atoms with Crippen LogP contribution in [0.1, 0.15) is 34.1 Å². The van der Waals surface area contributed by atoms with Crippen LogP contribution in [-0.4, -0.2) is 21.9 Å². The molecule has 5 N–H and O–H groups in total. The molecule has 0 rings (SSSR count). The summed E-state index contributed by atoms with van der Waals surface area (Å²) < 4.78 is 0. The molecular weight excluding hydrogens is 212 g/mol. The lowest BCUT2D eigenvalue weighted by atomic mass is 10.0. The lowest BCUT2D eigenvalue weighted by Gasteiger charge is -2.26. The highest BCUT2D eigenvalue weighted by Gasteiger charge is 2.22. The second-order valence-corrected chi connectivity index (χ2v) is 5.32. The van der Waals surface area contributed by atoms with Crippen LogP contribution in [0, 0.1) is 0 Å². The van der Waals surface area contributed by atoms with Crippen LogP contribution in [-0.2, 0) is 4.79 Å². The summed E-state index contributed by atoms with van der Waals surface area (Å²) in [6.45, 7) is 7.74. The second-order valence-electron chi connectivity index (χ2n) is 3.95. The van der Waals surface area contributed by atoms with Gasteiger partial charge in [-0.05, 0) is 27.2 Å². The van der Waals surface area contributed by atoms with Gasteiger partial charge in [-0.1, -0.05) is 18.7 Å². The van der Waals surface area contributed by atoms with Gasteiger partial charge in [0.15, 0.2) is 5.17 Å². The van der Waals surface area contributed by atoms with Crippen molar-refractivity contribution < 1.29 is 4.79 Å². The number of nitrogens with zero attached hydrogens (tertiary/aromatic N) is 1. The van der Waals surface area contributed by atoms with E-state index in [1.54, 1.807) is 6.92 Å². The Morgan fingerprint density at radius 3 is 2.53 bits per heavy atom. The number of thioether (sulfide) groups is 1. The number of amidine groups is 1. The maximum Gasteiger partial charge on any atom is 0.233 e. The topological polar surface area (TPSA) is 93.5 Å². The molecule has 0 aliphatic heterocycles. The van der Waals surface area contributed by atoms with E-state index >= 15 is 0 Å². The lowest BCUT2D eigenvalue weighted by Crippen LogP contribution is -2.46. The summed E-state index contributed by atoms with van der Waals surface area (Å²) in [4.78, 5) is 11.7. The van der Waals surface area contributed by atoms with Crippen molar-refractivity contribution in [2.75, 3.05) is 0 Å². The molecule has 0 spiro atoms. The summed E-state index contributed by atoms with van der Waals surface area (Å²) in [7, 11) is 0. The lowest BCUT2D eigenvalue weighted by molar-refractivity contribution is -0.121. The van der Waals surface area contributed by atoms with E-state index in [0.29, 0.717) is 0 Å². The van der Waals surface area contributed by atoms with Gasteiger partial charge in [-0.25, -0.2) is 0 Å². The third-order valence-electron chi connectivity index (χ3n) is 2.14. The molecule has 0 saturated carbocycles. The first-order chi connectivity index (χ1) is 6.82. The molecule has 0 radical (unpaired) electrons. The van der Waals surface area contributed by atoms with Crippen LogP contribution in [0.3, 0.4) is 0 Å². The molecular formula is C9H20N4OS. The molecule has 0 aromatic rings. The summed E-state index contributed by atoms with van der Waals surface area (Å²) in [5.74, 6) is 4.93. The minimum Gasteiger partial charge on any atom is -0.377 e. The number of amides is 1. The van der Waals surface area contributed by atoms with Gasteiger partial charge < -0.3 is 16.9 Å². The minimum atomic E-state index is -0.289. The molecule has 0 heterocycles. The Bertz CT molecular complexity index is 252. The summed E-state index contributed by atoms with van der Waals surface area (Å²) in [5, 5.41) is 6.15. The van der Waals surface area contributed by atoms with Crippen LogP contribution in [0.4, 0.5) is 0 Å². The van der Waals surface area contributed by atoms with E-state index in [-0.39, 0.29) is 21.9 Å². The Morgan fingerprint density at radius 1 is 1.60 bits per heavy atom. The maximum absolute atomic E-state index is 11.7. The summed E-state index contributed by atoms with van der Waals surface area (Å²) >= 11 is 1.15. The van der Waals surface area contributed by atoms with Crippen LogP contribution < -0.4 is 16.9 Å². The molecule has 0 fully saturated rings. The zero-order valence-electron chi connectivity index (χ0n) is 9.70. The number of nitrogens with two attached hydrogens (primary N) is 2. The molecule has 6 heteroatoms. The Morgan fingerprint density at radius 2 is 2.13 bits per heavy atom. The van der Waals surface area contributed by atoms with Gasteiger partial charge in [0.05, 0.1) is 5.25 Å². The van der Waals surface area contributed by atoms with Crippen LogP contribution in [0.15, 0.2) is 5.10 Å². The molecule has 1 amide bonds. The van der Waals surface area contributed by atoms with Crippen molar-refractivity contribution in [3.63, 3.8) is 0 Å². The first-order valence-electron chi connectivity index (χ1n) is 4.84. The fourth-order valence-corrected chi connectivity index (χ4v) is 1.38. The van der Waals surface area contributed by atoms with E-state index in [2.05, 4.69) is 10.4 Å². The average molecular weight is 232 g/mol. The molecule has 1 atom stereocenters. The number of carbonyl (C=O) groups is 1. The number of rotatable bonds is 4. The van der Waals surface area contributed by atoms with Crippen LogP contribution in [0.25, 0.3) is 0 Å². The number of carbonyl (C=O) groups excluding carboxylic acids is 1. The van der Waals surface area contributed by atoms with Crippen LogP contribution >= 0.6 is 11.8 Å². The summed E-state index contributed by atoms with van der Waals surface area (Å²) in [6, 6.07) is 0. The fourth-order valence-electron chi connectivity index (χ4n) is 0.789. The predicted molar refractivity (Wildman–Crippen MR) is 65.4 cm³/mol. The van der Waals surface area contributed by atoms with Crippen molar-refractivity contribution in [3.05, 3.63) is 0 Å². The van der Waals surface area contributed by atoms with Gasteiger partial charge >= 0.3 is 0 Å². The zero-order chi connectivity index (χ0) is 12.1. The summed E-state index contributed by atoms with van der Waals surface area (Å²) in [6.07, 6.45) is 0.872. The largest absolute Gasteiger partial charge is 0.377 e. The second kappa shape index (κ2) is 5.85. The normalized spacial score (nSPS) is 14.8. The first-order valence-corrected chi connectivity index (χ1v) is 5.72. The third-order valence-corrected chi connectivity index (χ3v) is 3.05. The highest BCUT2D eigenvalue weighted by molar-refractivity contribution is 8.14. The Labute approximate surface area is 95.0 Å². The first kappa shape index (κ1) is 14.1. The van der Waals surface area contributed by atoms with Crippen molar-refractivity contribution in [1.82, 2.24) is 5.32 Å². The van der Waals surface area contributed by atoms with E-state index in [1.165, 1.54) is 0 Å². The monoisotopic (exact) mass is 232 g/mol. The zero-order valence-corrected chi connectivity index (χ0v) is 10.5. The third kappa shape index (κ3) is 5.51. The molecule has 0 aliphatic rings. The summed E-state index contributed by atoms with van der Waals surface area (Å²) in [5.41, 5.74) is 5.22. The van der Waals surface area contributed by atoms with E-state index in [9.17, 15) is 4.79 Å². The molecule has 0 bridgehead atoms. The van der Waals surface area contributed by atoms with E-state index in [1.807, 2.05) is 20.8 Å². The number of hydrogen-bond acceptors (Lipinski definition) is 4. The van der Waals surface area contributed by atoms with Crippen molar-refractivity contribution >= 4 is 22.8 Å². The predicted octanol–water partition coefficient (Wildman–Crippen LogP) is 0.601. The SMILES string of the molecule is CCC(C)(C)NC(=O)C(C)SC(N)=NN. The molecule has 0 saturated heterocycles. The number of nitrogens with one attached hydrogen (secondary N) is 1. The molecule has 15 heavy (non-hydrogen) atoms. The Hall–Kier alpha value is -0.910. The van der Waals surface area contributed by atoms with Gasteiger partial charge in [-0.2, -0.15) is 5.10 Å². The van der Waals surface area contributed by atoms with E-state index in [4.69, 9.17) is 11.6 Å². The molecule has 0 aromatic heterocycles. The standard InChI is InChI=1S/C9H20N4OS/c1-5-9(3,4)12-7(14)6(2)15-8(10)13-11/h6H,5,11H2,1-4H3,(H2,10,13)(H,12,14). The van der Waals surface area contributed by atoms with E-state index in [0.717, 1.165) is 18.2 Å². The maximum atomic E-state index is 11.7. The van der Waals surface area contributed by atoms with Gasteiger partial charge in [0.25, 0.3) is 0 Å². The number of hydrogen-bond donors (Lipinski definition) is 3. The molecule has 88 valence electrons. The van der Waals surface area contributed by atoms with Crippen LogP contribution in [0.2, 0.25) is 0 Å². The minimum absolute atomic E-state index is 0.0570. The smallest absolute Gasteiger partial charge is 0.233 e. The van der Waals surface area contributed by atoms with Crippen molar-refractivity contribution in [2.24, 2.45) is 16.7 Å². The molecule has 0 aliphatic carbocycles. The van der Waals surface area contributed by atoms with Crippen molar-refractivity contribution in [1.29, 1.82) is 0 Å². The Kier molecular flexibility index (Phi) is 5.49. The highest BCUT2D eigenvalue weighted by Crippen LogP contribution is 2.13. The van der Waals surface area contributed by atoms with Crippen LogP contribution in [0.5, 0.6) is 0 Å². The van der Waals surface area contributed by atoms with Gasteiger partial charge in [0.1, 0.15) is 0 Å².